The maximum Gasteiger partial charge on any atom is 0.0440 e. The van der Waals surface area contributed by atoms with E-state index < -0.39 is 0 Å². The van der Waals surface area contributed by atoms with E-state index in [1.807, 2.05) is 45.3 Å². The minimum Gasteiger partial charge on any atom is -0.135 e. The van der Waals surface area contributed by atoms with Crippen molar-refractivity contribution >= 4 is 288 Å². The Hall–Kier alpha value is -16.8. The molecule has 0 saturated heterocycles. The van der Waals surface area contributed by atoms with E-state index in [9.17, 15) is 0 Å². The zero-order chi connectivity index (χ0) is 91.7. The van der Waals surface area contributed by atoms with E-state index >= 15 is 0 Å². The van der Waals surface area contributed by atoms with Crippen molar-refractivity contribution in [1.29, 1.82) is 0 Å². The van der Waals surface area contributed by atoms with Crippen LogP contribution in [0.1, 0.15) is 0 Å². The zero-order valence-corrected chi connectivity index (χ0v) is 79.1. The first-order valence-corrected chi connectivity index (χ1v) is 51.4. The van der Waals surface area contributed by atoms with Crippen molar-refractivity contribution in [2.24, 2.45) is 0 Å². The Morgan fingerprint density at radius 3 is 0.879 bits per heavy atom. The molecule has 32 rings (SSSR count). The molecule has 4 heterocycles. The highest BCUT2D eigenvalue weighted by Crippen LogP contribution is 2.53. The van der Waals surface area contributed by atoms with Crippen LogP contribution in [0.25, 0.3) is 298 Å². The smallest absolute Gasteiger partial charge is 0.0440 e. The summed E-state index contributed by atoms with van der Waals surface area (Å²) in [7, 11) is 0. The summed E-state index contributed by atoms with van der Waals surface area (Å²) < 4.78 is 11.0. The van der Waals surface area contributed by atoms with E-state index in [0.717, 1.165) is 0 Å². The number of hydrogen-bond donors (Lipinski definition) is 0. The molecular weight excluding hydrogens is 1760 g/mol. The maximum absolute atomic E-state index is 2.41. The zero-order valence-electron chi connectivity index (χ0n) is 75.8. The Labute approximate surface area is 821 Å². The topological polar surface area (TPSA) is 0 Å². The Kier molecular flexibility index (Phi) is 18.7. The van der Waals surface area contributed by atoms with Crippen molar-refractivity contribution in [2.45, 2.75) is 0 Å². The van der Waals surface area contributed by atoms with Crippen molar-refractivity contribution in [3.05, 3.63) is 485 Å². The van der Waals surface area contributed by atoms with Gasteiger partial charge in [0.05, 0.1) is 0 Å². The van der Waals surface area contributed by atoms with E-state index in [-0.39, 0.29) is 0 Å². The Balaban J connectivity index is 0.0000000898. The van der Waals surface area contributed by atoms with E-state index in [1.165, 1.54) is 298 Å². The molecule has 28 aromatic carbocycles. The molecule has 4 aromatic heterocycles. The van der Waals surface area contributed by atoms with E-state index in [2.05, 4.69) is 485 Å². The van der Waals surface area contributed by atoms with Crippen LogP contribution in [0.4, 0.5) is 0 Å². The molecular formula is C136H80S4. The predicted octanol–water partition coefficient (Wildman–Crippen LogP) is 41.3. The van der Waals surface area contributed by atoms with Crippen LogP contribution in [0.15, 0.2) is 485 Å². The second-order valence-electron chi connectivity index (χ2n) is 37.2. The first-order chi connectivity index (χ1) is 69.4. The molecule has 32 aromatic rings. The normalized spacial score (nSPS) is 12.0. The van der Waals surface area contributed by atoms with Gasteiger partial charge in [-0.05, 0) is 244 Å². The number of hydrogen-bond acceptors (Lipinski definition) is 4. The summed E-state index contributed by atoms with van der Waals surface area (Å²) in [5.74, 6) is 0. The van der Waals surface area contributed by atoms with Gasteiger partial charge in [0.1, 0.15) is 0 Å². The number of thiophene rings is 4. The largest absolute Gasteiger partial charge is 0.135 e. The van der Waals surface area contributed by atoms with Gasteiger partial charge in [-0.15, -0.1) is 45.3 Å². The van der Waals surface area contributed by atoms with E-state index in [0.29, 0.717) is 0 Å². The SMILES string of the molecule is c1ccc(-c2ccc(-c3cc4ccccc4c4c3ccc3c5ccc6ccccc6c5sc34)cc2)cc1.c1ccc2c(-c3cc4ccccc4c4c3ccc3c5ccccc5sc34)cccc2c1.c1ccc2c(c1)cc(-c1cc3ccccc3c3c1ccc1c4ccccc4sc13)c1ccccc12.c1ccc2c(c1)cc(-c1ccc3ccc4cccc5ccc1c3c45)c1ccc3c4ccccc4sc3c12. The van der Waals surface area contributed by atoms with Gasteiger partial charge >= 0.3 is 0 Å². The molecule has 0 aliphatic rings. The van der Waals surface area contributed by atoms with Crippen molar-refractivity contribution in [2.75, 3.05) is 0 Å². The second kappa shape index (κ2) is 32.4. The summed E-state index contributed by atoms with van der Waals surface area (Å²) >= 11 is 7.69. The molecule has 0 fully saturated rings. The summed E-state index contributed by atoms with van der Waals surface area (Å²) in [4.78, 5) is 0. The third-order valence-electron chi connectivity index (χ3n) is 29.7. The molecule has 0 amide bonds. The summed E-state index contributed by atoms with van der Waals surface area (Å²) in [6.07, 6.45) is 0. The third-order valence-corrected chi connectivity index (χ3v) is 34.6. The summed E-state index contributed by atoms with van der Waals surface area (Å²) in [5.41, 5.74) is 12.9. The van der Waals surface area contributed by atoms with Crippen LogP contribution < -0.4 is 0 Å². The van der Waals surface area contributed by atoms with Crippen molar-refractivity contribution in [3.8, 4) is 55.6 Å². The number of rotatable bonds is 5. The molecule has 0 nitrogen and oxygen atoms in total. The first kappa shape index (κ1) is 80.5. The summed E-state index contributed by atoms with van der Waals surface area (Å²) in [6.45, 7) is 0. The van der Waals surface area contributed by atoms with Crippen molar-refractivity contribution in [1.82, 2.24) is 0 Å². The number of fused-ring (bicyclic) bond motifs is 34. The van der Waals surface area contributed by atoms with E-state index in [4.69, 9.17) is 0 Å². The quantitative estimate of drug-likeness (QED) is 0.151. The molecule has 0 unspecified atom stereocenters. The highest BCUT2D eigenvalue weighted by atomic mass is 32.1. The van der Waals surface area contributed by atoms with Crippen LogP contribution in [0.5, 0.6) is 0 Å². The molecule has 4 heteroatoms. The van der Waals surface area contributed by atoms with Gasteiger partial charge in [-0.1, -0.05) is 437 Å². The van der Waals surface area contributed by atoms with Crippen LogP contribution in [0, 0.1) is 0 Å². The van der Waals surface area contributed by atoms with Crippen LogP contribution in [-0.4, -0.2) is 0 Å². The van der Waals surface area contributed by atoms with Crippen LogP contribution >= 0.6 is 45.3 Å². The molecule has 648 valence electrons. The van der Waals surface area contributed by atoms with Gasteiger partial charge in [0.15, 0.2) is 0 Å². The van der Waals surface area contributed by atoms with Crippen LogP contribution in [-0.2, 0) is 0 Å². The molecule has 0 aliphatic carbocycles. The molecule has 0 N–H and O–H groups in total. The Morgan fingerprint density at radius 1 is 0.100 bits per heavy atom. The number of benzene rings is 28. The molecule has 140 heavy (non-hydrogen) atoms. The minimum absolute atomic E-state index is 1.24. The minimum atomic E-state index is 1.24. The molecule has 0 spiro atoms. The maximum atomic E-state index is 2.41. The molecule has 0 radical (unpaired) electrons. The first-order valence-electron chi connectivity index (χ1n) is 48.1. The Morgan fingerprint density at radius 2 is 0.371 bits per heavy atom. The fraction of sp³-hybridized carbons (Fsp3) is 0. The van der Waals surface area contributed by atoms with Gasteiger partial charge in [0.25, 0.3) is 0 Å². The monoisotopic (exact) mass is 1840 g/mol. The predicted molar refractivity (Wildman–Crippen MR) is 618 cm³/mol. The molecule has 0 atom stereocenters. The van der Waals surface area contributed by atoms with Crippen LogP contribution in [0.3, 0.4) is 0 Å². The van der Waals surface area contributed by atoms with Gasteiger partial charge in [0.2, 0.25) is 0 Å². The lowest BCUT2D eigenvalue weighted by Gasteiger charge is -2.17. The van der Waals surface area contributed by atoms with Gasteiger partial charge in [0, 0.05) is 102 Å². The lowest BCUT2D eigenvalue weighted by Crippen LogP contribution is -1.89. The van der Waals surface area contributed by atoms with Crippen molar-refractivity contribution in [3.63, 3.8) is 0 Å². The molecule has 0 saturated carbocycles. The van der Waals surface area contributed by atoms with Gasteiger partial charge in [-0.3, -0.25) is 0 Å². The Bertz CT molecular complexity index is 10800. The van der Waals surface area contributed by atoms with E-state index in [1.54, 1.807) is 0 Å². The fourth-order valence-corrected chi connectivity index (χ4v) is 28.5. The average Bonchev–Trinajstić information content (AvgIpc) is 1.47. The summed E-state index contributed by atoms with van der Waals surface area (Å²) in [6, 6.07) is 179. The van der Waals surface area contributed by atoms with Crippen molar-refractivity contribution < 1.29 is 0 Å². The van der Waals surface area contributed by atoms with Gasteiger partial charge in [-0.2, -0.15) is 0 Å². The molecule has 0 aliphatic heterocycles. The van der Waals surface area contributed by atoms with Crippen LogP contribution in [0.2, 0.25) is 0 Å². The highest BCUT2D eigenvalue weighted by molar-refractivity contribution is 7.28. The molecule has 0 bridgehead atoms. The standard InChI is InChI=1S/C36H20S.C36H22S.C34H20S.C30H18S/c1-2-9-25-24(6-1)20-31(29-18-19-30-27-10-3-4-11-32(27)37-36(30)35(25)29)26-16-14-23-13-12-21-7-5-8-22-15-17-28(26)34(23)33(21)22;1-2-8-23(9-3-1)24-14-16-26(17-15-24)33-22-27-11-5-6-12-28(27)34-30(33)20-21-32-31-19-18-25-10-4-7-13-29(25)35(31)37-36(32)34;1-3-11-23-21(9-1)19-30(26-14-6-5-13-25(23)26)31-20-22-10-2-4-12-24(22)33-28(31)17-18-29-27-15-7-8-16-32(27)35-34(29)33;1-3-11-21-19(8-1)10-7-14-23(21)27-18-20-9-2-4-12-22(20)29-25(27)16-17-26-24-13-5-6-15-28(24)31-30(26)29/h1-20H;1-22H;1-20H;1-18H. The fourth-order valence-electron chi connectivity index (χ4n) is 23.3. The lowest BCUT2D eigenvalue weighted by atomic mass is 9.87. The third kappa shape index (κ3) is 12.8. The average molecular weight is 1840 g/mol. The highest BCUT2D eigenvalue weighted by Gasteiger charge is 2.25. The summed E-state index contributed by atoms with van der Waals surface area (Å²) in [5, 5.41) is 50.5. The van der Waals surface area contributed by atoms with Gasteiger partial charge < -0.3 is 0 Å². The lowest BCUT2D eigenvalue weighted by molar-refractivity contribution is 1.61. The second-order valence-corrected chi connectivity index (χ2v) is 41.4. The van der Waals surface area contributed by atoms with Gasteiger partial charge in [-0.25, -0.2) is 0 Å².